The van der Waals surface area contributed by atoms with Gasteiger partial charge in [-0.1, -0.05) is 11.2 Å². The van der Waals surface area contributed by atoms with Gasteiger partial charge >= 0.3 is 0 Å². The molecule has 8 nitrogen and oxygen atoms in total. The molecule has 1 fully saturated rings. The number of benzene rings is 1. The van der Waals surface area contributed by atoms with Gasteiger partial charge in [-0.25, -0.2) is 13.8 Å². The van der Waals surface area contributed by atoms with Crippen molar-refractivity contribution in [3.05, 3.63) is 46.0 Å². The van der Waals surface area contributed by atoms with E-state index in [1.165, 1.54) is 34.4 Å². The van der Waals surface area contributed by atoms with E-state index in [1.54, 1.807) is 18.7 Å². The second-order valence-electron chi connectivity index (χ2n) is 8.12. The molecule has 2 aliphatic rings. The summed E-state index contributed by atoms with van der Waals surface area (Å²) in [5.74, 6) is -1.77. The molecule has 0 radical (unpaired) electrons. The monoisotopic (exact) mass is 477 g/mol. The maximum atomic E-state index is 14.0. The highest BCUT2D eigenvalue weighted by atomic mass is 32.1. The highest BCUT2D eigenvalue weighted by Gasteiger charge is 2.32. The van der Waals surface area contributed by atoms with Gasteiger partial charge in [0.05, 0.1) is 12.3 Å². The summed E-state index contributed by atoms with van der Waals surface area (Å²) >= 11 is 1.46. The van der Waals surface area contributed by atoms with E-state index in [4.69, 9.17) is 4.84 Å². The number of amides is 2. The molecule has 0 N–H and O–H groups in total. The van der Waals surface area contributed by atoms with Crippen LogP contribution in [0.5, 0.6) is 0 Å². The van der Waals surface area contributed by atoms with Gasteiger partial charge in [-0.2, -0.15) is 0 Å². The molecule has 176 valence electrons. The summed E-state index contributed by atoms with van der Waals surface area (Å²) in [6, 6.07) is 3.68. The highest BCUT2D eigenvalue weighted by molar-refractivity contribution is 7.16. The van der Waals surface area contributed by atoms with Crippen LogP contribution in [-0.4, -0.2) is 71.6 Å². The van der Waals surface area contributed by atoms with Crippen molar-refractivity contribution in [2.75, 3.05) is 44.2 Å². The molecular formula is C22H25F2N5O3S. The van der Waals surface area contributed by atoms with Gasteiger partial charge in [0.1, 0.15) is 17.3 Å². The van der Waals surface area contributed by atoms with Crippen LogP contribution in [0, 0.1) is 11.6 Å². The van der Waals surface area contributed by atoms with Crippen molar-refractivity contribution in [2.45, 2.75) is 26.8 Å². The normalized spacial score (nSPS) is 16.0. The molecular weight excluding hydrogens is 452 g/mol. The number of nitrogens with zero attached hydrogens (tertiary/aromatic N) is 5. The second kappa shape index (κ2) is 9.82. The molecule has 4 rings (SSSR count). The number of carbonyl (C=O) groups excluding carboxylic acids is 2. The number of carbonyl (C=O) groups is 2. The summed E-state index contributed by atoms with van der Waals surface area (Å²) in [4.78, 5) is 40.9. The van der Waals surface area contributed by atoms with Crippen LogP contribution in [-0.2, 0) is 22.6 Å². The molecule has 2 aliphatic heterocycles. The fourth-order valence-electron chi connectivity index (χ4n) is 3.78. The van der Waals surface area contributed by atoms with Gasteiger partial charge in [0.15, 0.2) is 11.7 Å². The van der Waals surface area contributed by atoms with E-state index < -0.39 is 11.6 Å². The fraction of sp³-hybridized carbons (Fsp3) is 0.455. The van der Waals surface area contributed by atoms with Crippen LogP contribution in [0.2, 0.25) is 0 Å². The molecule has 33 heavy (non-hydrogen) atoms. The number of hydrogen-bond acceptors (Lipinski definition) is 7. The summed E-state index contributed by atoms with van der Waals surface area (Å²) in [5, 5.41) is 4.51. The molecule has 0 bridgehead atoms. The Morgan fingerprint density at radius 1 is 1.15 bits per heavy atom. The van der Waals surface area contributed by atoms with Gasteiger partial charge < -0.3 is 19.5 Å². The molecule has 0 unspecified atom stereocenters. The van der Waals surface area contributed by atoms with Crippen LogP contribution in [0.3, 0.4) is 0 Å². The van der Waals surface area contributed by atoms with Crippen LogP contribution in [0.1, 0.15) is 34.8 Å². The lowest BCUT2D eigenvalue weighted by atomic mass is 10.1. The van der Waals surface area contributed by atoms with Crippen molar-refractivity contribution < 1.29 is 23.2 Å². The summed E-state index contributed by atoms with van der Waals surface area (Å²) < 4.78 is 28.1. The van der Waals surface area contributed by atoms with E-state index in [9.17, 15) is 18.4 Å². The Balaban J connectivity index is 1.37. The maximum Gasteiger partial charge on any atom is 0.274 e. The summed E-state index contributed by atoms with van der Waals surface area (Å²) in [6.07, 6.45) is 0.585. The largest absolute Gasteiger partial charge is 0.386 e. The average molecular weight is 478 g/mol. The molecule has 0 aliphatic carbocycles. The van der Waals surface area contributed by atoms with Crippen molar-refractivity contribution >= 4 is 34.0 Å². The zero-order valence-electron chi connectivity index (χ0n) is 18.5. The first-order chi connectivity index (χ1) is 15.8. The summed E-state index contributed by atoms with van der Waals surface area (Å²) in [7, 11) is 0. The molecule has 0 saturated carbocycles. The van der Waals surface area contributed by atoms with Crippen molar-refractivity contribution in [1.82, 2.24) is 14.8 Å². The minimum absolute atomic E-state index is 0.0936. The van der Waals surface area contributed by atoms with E-state index in [0.29, 0.717) is 44.8 Å². The van der Waals surface area contributed by atoms with Crippen molar-refractivity contribution in [3.63, 3.8) is 0 Å². The van der Waals surface area contributed by atoms with E-state index >= 15 is 0 Å². The highest BCUT2D eigenvalue weighted by Crippen LogP contribution is 2.32. The van der Waals surface area contributed by atoms with Gasteiger partial charge in [-0.3, -0.25) is 9.59 Å². The van der Waals surface area contributed by atoms with Gasteiger partial charge in [-0.05, 0) is 26.0 Å². The lowest BCUT2D eigenvalue weighted by molar-refractivity contribution is -0.136. The van der Waals surface area contributed by atoms with Crippen LogP contribution in [0.15, 0.2) is 23.4 Å². The van der Waals surface area contributed by atoms with Gasteiger partial charge in [-0.15, -0.1) is 11.3 Å². The van der Waals surface area contributed by atoms with E-state index in [1.807, 2.05) is 0 Å². The molecule has 0 spiro atoms. The number of halogens is 2. The van der Waals surface area contributed by atoms with Crippen molar-refractivity contribution in [2.24, 2.45) is 5.16 Å². The van der Waals surface area contributed by atoms with Crippen LogP contribution < -0.4 is 4.90 Å². The molecule has 11 heteroatoms. The van der Waals surface area contributed by atoms with Crippen LogP contribution >= 0.6 is 11.3 Å². The zero-order valence-corrected chi connectivity index (χ0v) is 19.3. The fourth-order valence-corrected chi connectivity index (χ4v) is 4.87. The number of rotatable bonds is 6. The quantitative estimate of drug-likeness (QED) is 0.472. The third-order valence-electron chi connectivity index (χ3n) is 5.53. The summed E-state index contributed by atoms with van der Waals surface area (Å²) in [5.41, 5.74) is 0.972. The van der Waals surface area contributed by atoms with E-state index in [-0.39, 0.29) is 30.5 Å². The molecule has 1 aromatic carbocycles. The first-order valence-corrected chi connectivity index (χ1v) is 11.5. The Morgan fingerprint density at radius 2 is 1.85 bits per heavy atom. The third-order valence-corrected chi connectivity index (χ3v) is 6.71. The van der Waals surface area contributed by atoms with Gasteiger partial charge in [0.25, 0.3) is 11.8 Å². The Kier molecular flexibility index (Phi) is 6.87. The van der Waals surface area contributed by atoms with Crippen molar-refractivity contribution in [1.29, 1.82) is 0 Å². The zero-order chi connectivity index (χ0) is 23.5. The molecule has 0 atom stereocenters. The number of anilines is 1. The maximum absolute atomic E-state index is 14.0. The minimum atomic E-state index is -0.665. The van der Waals surface area contributed by atoms with Crippen molar-refractivity contribution in [3.8, 4) is 0 Å². The Hall–Kier alpha value is -3.08. The molecule has 2 amide bonds. The smallest absolute Gasteiger partial charge is 0.274 e. The van der Waals surface area contributed by atoms with E-state index in [0.717, 1.165) is 15.7 Å². The number of aromatic nitrogens is 1. The lowest BCUT2D eigenvalue weighted by Gasteiger charge is -2.34. The SMILES string of the molecule is CC(C)=NOCC(=O)N1CCN(c2nc3c(s2)CCN(Cc2c(F)cccc2F)C3=O)CC1. The standard InChI is InChI=1S/C22H25F2N5O3S/c1-14(2)26-32-13-19(30)27-8-10-28(11-9-27)22-25-20-18(33-22)6-7-29(21(20)31)12-15-16(23)4-3-5-17(15)24/h3-5H,6-13H2,1-2H3. The van der Waals surface area contributed by atoms with Crippen LogP contribution in [0.25, 0.3) is 0 Å². The minimum Gasteiger partial charge on any atom is -0.386 e. The number of hydrogen-bond donors (Lipinski definition) is 0. The molecule has 1 saturated heterocycles. The number of oxime groups is 1. The van der Waals surface area contributed by atoms with Gasteiger partial charge in [0, 0.05) is 49.6 Å². The Bertz CT molecular complexity index is 1060. The predicted molar refractivity (Wildman–Crippen MR) is 120 cm³/mol. The first kappa shape index (κ1) is 23.1. The molecule has 3 heterocycles. The third kappa shape index (κ3) is 5.13. The lowest BCUT2D eigenvalue weighted by Crippen LogP contribution is -2.49. The second-order valence-corrected chi connectivity index (χ2v) is 9.19. The van der Waals surface area contributed by atoms with Crippen LogP contribution in [0.4, 0.5) is 13.9 Å². The Labute approximate surface area is 194 Å². The van der Waals surface area contributed by atoms with E-state index in [2.05, 4.69) is 15.0 Å². The molecule has 2 aromatic rings. The first-order valence-electron chi connectivity index (χ1n) is 10.7. The van der Waals surface area contributed by atoms with Gasteiger partial charge in [0.2, 0.25) is 0 Å². The summed E-state index contributed by atoms with van der Waals surface area (Å²) in [6.45, 7) is 5.96. The topological polar surface area (TPSA) is 78.3 Å². The number of piperazine rings is 1. The number of thiazole rings is 1. The predicted octanol–water partition coefficient (Wildman–Crippen LogP) is 2.68. The Morgan fingerprint density at radius 3 is 2.52 bits per heavy atom. The molecule has 1 aromatic heterocycles. The number of fused-ring (bicyclic) bond motifs is 1. The average Bonchev–Trinajstić information content (AvgIpc) is 3.23.